The number of benzene rings is 1. The minimum Gasteiger partial charge on any atom is -0.493 e. The number of hydrogen-bond donors (Lipinski definition) is 2. The molecule has 1 aromatic rings. The van der Waals surface area contributed by atoms with Crippen molar-refractivity contribution in [1.82, 2.24) is 14.8 Å². The first-order valence-electron chi connectivity index (χ1n) is 8.51. The fourth-order valence-corrected chi connectivity index (χ4v) is 3.12. The molecule has 0 aromatic heterocycles. The van der Waals surface area contributed by atoms with Gasteiger partial charge in [0.15, 0.2) is 11.5 Å². The van der Waals surface area contributed by atoms with E-state index >= 15 is 0 Å². The van der Waals surface area contributed by atoms with Gasteiger partial charge in [0.1, 0.15) is 11.3 Å². The van der Waals surface area contributed by atoms with E-state index in [9.17, 15) is 19.5 Å². The van der Waals surface area contributed by atoms with Gasteiger partial charge in [-0.2, -0.15) is 5.10 Å². The van der Waals surface area contributed by atoms with Crippen LogP contribution in [-0.2, 0) is 9.53 Å². The number of ether oxygens (including phenoxy) is 3. The number of aromatic nitrogens is 3. The summed E-state index contributed by atoms with van der Waals surface area (Å²) < 4.78 is 16.8. The molecule has 3 rings (SSSR count). The summed E-state index contributed by atoms with van der Waals surface area (Å²) >= 11 is 0. The molecule has 2 N–H and O–H groups in total. The van der Waals surface area contributed by atoms with E-state index in [1.807, 2.05) is 0 Å². The van der Waals surface area contributed by atoms with Gasteiger partial charge in [-0.05, 0) is 17.7 Å². The number of fused-ring (bicyclic) bond motifs is 1. The van der Waals surface area contributed by atoms with Crippen LogP contribution in [0.3, 0.4) is 0 Å². The third-order valence-electron chi connectivity index (χ3n) is 4.51. The second kappa shape index (κ2) is 8.05. The Morgan fingerprint density at radius 3 is 2.52 bits per heavy atom. The molecule has 0 fully saturated rings. The summed E-state index contributed by atoms with van der Waals surface area (Å²) in [6.07, 6.45) is 2.56. The quantitative estimate of drug-likeness (QED) is 0.570. The number of methoxy groups -OCH3 is 3. The molecule has 2 aliphatic rings. The number of hydrogen-bond acceptors (Lipinski definition) is 7. The average molecular weight is 401 g/mol. The number of nitrogens with one attached hydrogen (secondary N) is 1. The topological polar surface area (TPSA) is 133 Å². The fraction of sp³-hybridized carbons (Fsp3) is 0.263. The summed E-state index contributed by atoms with van der Waals surface area (Å²) in [4.78, 5) is 35.9. The van der Waals surface area contributed by atoms with Gasteiger partial charge >= 0.3 is 11.9 Å². The zero-order valence-electron chi connectivity index (χ0n) is 16.0. The van der Waals surface area contributed by atoms with E-state index < -0.39 is 23.5 Å². The molecule has 1 aromatic carbocycles. The predicted molar refractivity (Wildman–Crippen MR) is 101 cm³/mol. The van der Waals surface area contributed by atoms with Crippen molar-refractivity contribution >= 4 is 11.9 Å². The number of rotatable bonds is 7. The molecule has 0 radical (unpaired) electrons. The maximum atomic E-state index is 12.2. The Kier molecular flexibility index (Phi) is 5.53. The standard InChI is InChI=1S/C19H19N3O7/c1-27-14-5-4-10(6-15(14)28-2)13(7-16(23)24)22-8-11-17(20-21-18(11)25)12(9-22)19(26)29-3/h4-6,8-9,13H,7H2,1-3H3,(H,21,25)(H,23,24). The average Bonchev–Trinajstić information content (AvgIpc) is 3.10. The van der Waals surface area contributed by atoms with Crippen LogP contribution in [0.15, 0.2) is 35.4 Å². The maximum Gasteiger partial charge on any atom is 0.341 e. The molecule has 0 bridgehead atoms. The Morgan fingerprint density at radius 1 is 1.17 bits per heavy atom. The predicted octanol–water partition coefficient (Wildman–Crippen LogP) is 1.54. The van der Waals surface area contributed by atoms with Crippen molar-refractivity contribution in [3.63, 3.8) is 0 Å². The number of H-pyrrole nitrogens is 1. The van der Waals surface area contributed by atoms with Gasteiger partial charge < -0.3 is 23.9 Å². The molecule has 0 amide bonds. The summed E-state index contributed by atoms with van der Waals surface area (Å²) in [6, 6.07) is 4.25. The van der Waals surface area contributed by atoms with E-state index in [2.05, 4.69) is 10.2 Å². The van der Waals surface area contributed by atoms with Crippen molar-refractivity contribution in [3.8, 4) is 22.8 Å². The molecule has 10 heteroatoms. The van der Waals surface area contributed by atoms with Crippen LogP contribution in [0.5, 0.6) is 11.5 Å². The van der Waals surface area contributed by atoms with E-state index in [1.54, 1.807) is 18.2 Å². The van der Waals surface area contributed by atoms with E-state index in [0.717, 1.165) is 0 Å². The first kappa shape index (κ1) is 19.9. The van der Waals surface area contributed by atoms with Gasteiger partial charge in [-0.15, -0.1) is 0 Å². The SMILES string of the molecule is COC(=O)c1cn(C(CC(=O)O)c2ccc(OC)c(OC)c2)cc2c(=O)[nH]nc1-2. The zero-order valence-corrected chi connectivity index (χ0v) is 16.0. The lowest BCUT2D eigenvalue weighted by atomic mass is 10.0. The van der Waals surface area contributed by atoms with E-state index in [-0.39, 0.29) is 23.2 Å². The molecule has 2 aliphatic heterocycles. The molecule has 1 unspecified atom stereocenters. The number of carboxylic acid groups (broad SMARTS) is 1. The van der Waals surface area contributed by atoms with Crippen molar-refractivity contribution in [2.24, 2.45) is 0 Å². The number of aliphatic carboxylic acids is 1. The van der Waals surface area contributed by atoms with Crippen molar-refractivity contribution in [1.29, 1.82) is 0 Å². The van der Waals surface area contributed by atoms with Crippen molar-refractivity contribution in [2.75, 3.05) is 21.3 Å². The van der Waals surface area contributed by atoms with E-state index in [4.69, 9.17) is 14.2 Å². The number of carboxylic acids is 1. The van der Waals surface area contributed by atoms with Crippen LogP contribution >= 0.6 is 0 Å². The third-order valence-corrected chi connectivity index (χ3v) is 4.51. The molecule has 0 aliphatic carbocycles. The Hall–Kier alpha value is -3.82. The normalized spacial score (nSPS) is 11.8. The maximum absolute atomic E-state index is 12.2. The van der Waals surface area contributed by atoms with Crippen LogP contribution in [0.25, 0.3) is 11.3 Å². The third kappa shape index (κ3) is 3.77. The molecule has 0 saturated carbocycles. The van der Waals surface area contributed by atoms with Gasteiger partial charge in [0.05, 0.1) is 39.4 Å². The first-order valence-corrected chi connectivity index (χ1v) is 8.51. The molecule has 29 heavy (non-hydrogen) atoms. The smallest absolute Gasteiger partial charge is 0.341 e. The van der Waals surface area contributed by atoms with Gasteiger partial charge in [-0.25, -0.2) is 9.89 Å². The molecular weight excluding hydrogens is 382 g/mol. The van der Waals surface area contributed by atoms with Gasteiger partial charge in [0.25, 0.3) is 5.56 Å². The van der Waals surface area contributed by atoms with Crippen LogP contribution in [-0.4, -0.2) is 53.1 Å². The zero-order chi connectivity index (χ0) is 21.1. The highest BCUT2D eigenvalue weighted by Crippen LogP contribution is 2.34. The van der Waals surface area contributed by atoms with Crippen molar-refractivity contribution in [3.05, 3.63) is 52.1 Å². The van der Waals surface area contributed by atoms with Gasteiger partial charge in [-0.3, -0.25) is 9.59 Å². The number of carbonyl (C=O) groups excluding carboxylic acids is 1. The van der Waals surface area contributed by atoms with E-state index in [1.165, 1.54) is 38.3 Å². The highest BCUT2D eigenvalue weighted by molar-refractivity contribution is 5.96. The van der Waals surface area contributed by atoms with Crippen LogP contribution in [0.4, 0.5) is 0 Å². The summed E-state index contributed by atoms with van der Waals surface area (Å²) in [5.41, 5.74) is 0.421. The highest BCUT2D eigenvalue weighted by atomic mass is 16.5. The lowest BCUT2D eigenvalue weighted by Gasteiger charge is -2.22. The second-order valence-electron chi connectivity index (χ2n) is 6.15. The summed E-state index contributed by atoms with van der Waals surface area (Å²) in [5, 5.41) is 15.6. The lowest BCUT2D eigenvalue weighted by Crippen LogP contribution is -2.19. The van der Waals surface area contributed by atoms with Crippen LogP contribution in [0.1, 0.15) is 28.4 Å². The number of carbonyl (C=O) groups is 2. The lowest BCUT2D eigenvalue weighted by molar-refractivity contribution is -0.137. The summed E-state index contributed by atoms with van der Waals surface area (Å²) in [7, 11) is 4.17. The molecule has 2 heterocycles. The molecule has 0 spiro atoms. The number of esters is 1. The van der Waals surface area contributed by atoms with Gasteiger partial charge in [0.2, 0.25) is 0 Å². The Labute approximate surface area is 165 Å². The second-order valence-corrected chi connectivity index (χ2v) is 6.15. The van der Waals surface area contributed by atoms with Crippen molar-refractivity contribution in [2.45, 2.75) is 12.5 Å². The Morgan fingerprint density at radius 2 is 1.90 bits per heavy atom. The van der Waals surface area contributed by atoms with Gasteiger partial charge in [0, 0.05) is 12.4 Å². The van der Waals surface area contributed by atoms with Gasteiger partial charge in [-0.1, -0.05) is 6.07 Å². The minimum atomic E-state index is -1.06. The summed E-state index contributed by atoms with van der Waals surface area (Å²) in [6.45, 7) is 0. The molecule has 10 nitrogen and oxygen atoms in total. The minimum absolute atomic E-state index is 0.0409. The first-order chi connectivity index (χ1) is 13.9. The van der Waals surface area contributed by atoms with Crippen LogP contribution in [0.2, 0.25) is 0 Å². The molecule has 1 atom stereocenters. The number of pyridine rings is 1. The molecule has 152 valence electrons. The van der Waals surface area contributed by atoms with E-state index in [0.29, 0.717) is 17.1 Å². The molecular formula is C19H19N3O7. The van der Waals surface area contributed by atoms with Crippen LogP contribution in [0, 0.1) is 0 Å². The Balaban J connectivity index is 2.22. The monoisotopic (exact) mass is 401 g/mol. The molecule has 0 saturated heterocycles. The highest BCUT2D eigenvalue weighted by Gasteiger charge is 2.26. The number of nitrogens with zero attached hydrogens (tertiary/aromatic N) is 2. The largest absolute Gasteiger partial charge is 0.493 e. The summed E-state index contributed by atoms with van der Waals surface area (Å²) in [5.74, 6) is -0.857. The fourth-order valence-electron chi connectivity index (χ4n) is 3.12. The Bertz CT molecular complexity index is 1090. The number of aromatic amines is 1. The van der Waals surface area contributed by atoms with Crippen molar-refractivity contribution < 1.29 is 28.9 Å². The van der Waals surface area contributed by atoms with Crippen LogP contribution < -0.4 is 15.0 Å².